The molecule has 1 heterocycles. The molecule has 0 amide bonds. The Bertz CT molecular complexity index is 507. The third-order valence-corrected chi connectivity index (χ3v) is 3.88. The predicted octanol–water partition coefficient (Wildman–Crippen LogP) is 5.44. The molecule has 0 atom stereocenters. The van der Waals surface area contributed by atoms with E-state index >= 15 is 0 Å². The van der Waals surface area contributed by atoms with Crippen LogP contribution in [0, 0.1) is 0 Å². The molecule has 0 aliphatic heterocycles. The zero-order valence-electron chi connectivity index (χ0n) is 14.2. The molecule has 2 N–H and O–H groups in total. The lowest BCUT2D eigenvalue weighted by atomic mass is 10.2. The molecule has 1 aromatic heterocycles. The maximum Gasteiger partial charge on any atom is 0.202 e. The summed E-state index contributed by atoms with van der Waals surface area (Å²) in [4.78, 5) is 9.64. The molecule has 4 nitrogen and oxygen atoms in total. The predicted molar refractivity (Wildman–Crippen MR) is 102 cm³/mol. The minimum atomic E-state index is 0.352. The van der Waals surface area contributed by atoms with Crippen LogP contribution in [0.3, 0.4) is 0 Å². The number of nitrogens with zero attached hydrogens (tertiary/aromatic N) is 2. The van der Waals surface area contributed by atoms with Crippen LogP contribution in [0.2, 0.25) is 5.28 Å². The molecule has 0 radical (unpaired) electrons. The zero-order chi connectivity index (χ0) is 17.1. The van der Waals surface area contributed by atoms with Gasteiger partial charge in [0, 0.05) is 13.1 Å². The van der Waals surface area contributed by atoms with E-state index in [1.165, 1.54) is 12.8 Å². The van der Waals surface area contributed by atoms with Crippen molar-refractivity contribution in [2.45, 2.75) is 45.4 Å². The number of imidazole rings is 1. The molecule has 0 aromatic carbocycles. The summed E-state index contributed by atoms with van der Waals surface area (Å²) in [5, 5.41) is 3.37. The van der Waals surface area contributed by atoms with Gasteiger partial charge in [-0.1, -0.05) is 39.0 Å². The quantitative estimate of drug-likeness (QED) is 0.372. The van der Waals surface area contributed by atoms with Crippen molar-refractivity contribution >= 4 is 23.1 Å². The molecule has 1 aromatic rings. The highest BCUT2D eigenvalue weighted by Gasteiger charge is 2.16. The monoisotopic (exact) mass is 336 g/mol. The van der Waals surface area contributed by atoms with Crippen LogP contribution in [-0.4, -0.2) is 28.0 Å². The summed E-state index contributed by atoms with van der Waals surface area (Å²) in [5.74, 6) is 0.668. The average Bonchev–Trinajstić information content (AvgIpc) is 2.90. The molecular formula is C18H29ClN4. The number of unbranched alkanes of at least 4 members (excludes halogenated alkanes) is 4. The fourth-order valence-corrected chi connectivity index (χ4v) is 2.62. The van der Waals surface area contributed by atoms with E-state index in [0.717, 1.165) is 50.2 Å². The maximum atomic E-state index is 6.01. The van der Waals surface area contributed by atoms with E-state index in [1.54, 1.807) is 6.20 Å². The number of aromatic nitrogens is 2. The van der Waals surface area contributed by atoms with Crippen molar-refractivity contribution in [1.82, 2.24) is 14.9 Å². The third kappa shape index (κ3) is 6.53. The highest BCUT2D eigenvalue weighted by Crippen LogP contribution is 2.26. The summed E-state index contributed by atoms with van der Waals surface area (Å²) < 4.78 is 0. The Morgan fingerprint density at radius 3 is 2.57 bits per heavy atom. The van der Waals surface area contributed by atoms with Crippen LogP contribution in [0.25, 0.3) is 5.70 Å². The van der Waals surface area contributed by atoms with Gasteiger partial charge < -0.3 is 15.2 Å². The van der Waals surface area contributed by atoms with Gasteiger partial charge >= 0.3 is 0 Å². The fourth-order valence-electron chi connectivity index (χ4n) is 2.44. The number of anilines is 1. The second kappa shape index (κ2) is 10.9. The van der Waals surface area contributed by atoms with E-state index in [9.17, 15) is 0 Å². The number of aromatic amines is 1. The molecule has 0 saturated carbocycles. The van der Waals surface area contributed by atoms with E-state index in [2.05, 4.69) is 46.8 Å². The van der Waals surface area contributed by atoms with Gasteiger partial charge in [0.05, 0.1) is 5.70 Å². The number of halogens is 1. The minimum Gasteiger partial charge on any atom is -0.370 e. The van der Waals surface area contributed by atoms with Gasteiger partial charge in [-0.15, -0.1) is 6.58 Å². The smallest absolute Gasteiger partial charge is 0.202 e. The zero-order valence-corrected chi connectivity index (χ0v) is 15.0. The van der Waals surface area contributed by atoms with Gasteiger partial charge in [0.1, 0.15) is 5.69 Å². The van der Waals surface area contributed by atoms with Crippen LogP contribution in [-0.2, 0) is 0 Å². The fraction of sp³-hybridized carbons (Fsp3) is 0.500. The van der Waals surface area contributed by atoms with Gasteiger partial charge in [-0.25, -0.2) is 0 Å². The molecule has 0 fully saturated rings. The molecule has 0 unspecified atom stereocenters. The second-order valence-corrected chi connectivity index (χ2v) is 5.88. The summed E-state index contributed by atoms with van der Waals surface area (Å²) in [6.45, 7) is 15.9. The van der Waals surface area contributed by atoms with Crippen molar-refractivity contribution in [3.05, 3.63) is 43.0 Å². The van der Waals surface area contributed by atoms with Gasteiger partial charge in [0.15, 0.2) is 5.82 Å². The van der Waals surface area contributed by atoms with Crippen molar-refractivity contribution in [3.8, 4) is 0 Å². The van der Waals surface area contributed by atoms with Crippen LogP contribution < -0.4 is 5.32 Å². The summed E-state index contributed by atoms with van der Waals surface area (Å²) in [7, 11) is 0. The Balaban J connectivity index is 2.79. The molecule has 0 spiro atoms. The Morgan fingerprint density at radius 1 is 1.26 bits per heavy atom. The topological polar surface area (TPSA) is 44.0 Å². The Morgan fingerprint density at radius 2 is 1.96 bits per heavy atom. The number of hydrogen-bond donors (Lipinski definition) is 2. The average molecular weight is 337 g/mol. The third-order valence-electron chi connectivity index (χ3n) is 3.70. The van der Waals surface area contributed by atoms with Crippen LogP contribution in [0.1, 0.15) is 51.1 Å². The van der Waals surface area contributed by atoms with Crippen molar-refractivity contribution in [3.63, 3.8) is 0 Å². The lowest BCUT2D eigenvalue weighted by molar-refractivity contribution is 0.373. The summed E-state index contributed by atoms with van der Waals surface area (Å²) in [5.41, 5.74) is 1.75. The minimum absolute atomic E-state index is 0.352. The number of H-pyrrole nitrogens is 1. The summed E-state index contributed by atoms with van der Waals surface area (Å²) in [6.07, 6.45) is 10.4. The van der Waals surface area contributed by atoms with Gasteiger partial charge in [0.2, 0.25) is 5.28 Å². The van der Waals surface area contributed by atoms with Crippen LogP contribution >= 0.6 is 11.6 Å². The molecule has 5 heteroatoms. The highest BCUT2D eigenvalue weighted by atomic mass is 35.5. The van der Waals surface area contributed by atoms with E-state index in [-0.39, 0.29) is 0 Å². The Kier molecular flexibility index (Phi) is 9.22. The highest BCUT2D eigenvalue weighted by molar-refractivity contribution is 6.28. The molecular weight excluding hydrogens is 308 g/mol. The van der Waals surface area contributed by atoms with Crippen LogP contribution in [0.4, 0.5) is 5.82 Å². The number of rotatable bonds is 13. The lowest BCUT2D eigenvalue weighted by Crippen LogP contribution is -2.24. The van der Waals surface area contributed by atoms with E-state index in [0.29, 0.717) is 11.1 Å². The summed E-state index contributed by atoms with van der Waals surface area (Å²) >= 11 is 6.01. The standard InChI is InChI=1S/C18H29ClN4/c1-5-8-10-12-14-23(13-11-9-6-2)15(4)16-17(20-7-3)22-18(19)21-16/h5,7,20H,1,3-4,6,8-14H2,2H3,(H,21,22). The number of nitrogens with one attached hydrogen (secondary N) is 2. The Labute approximate surface area is 145 Å². The first kappa shape index (κ1) is 19.4. The lowest BCUT2D eigenvalue weighted by Gasteiger charge is -2.26. The van der Waals surface area contributed by atoms with Gasteiger partial charge in [-0.2, -0.15) is 4.98 Å². The molecule has 128 valence electrons. The van der Waals surface area contributed by atoms with E-state index in [1.807, 2.05) is 6.08 Å². The van der Waals surface area contributed by atoms with Crippen LogP contribution in [0.5, 0.6) is 0 Å². The SMILES string of the molecule is C=CCCCCN(CCCCC)C(=C)c1[nH]c(Cl)nc1NC=C. The number of hydrogen-bond acceptors (Lipinski definition) is 3. The van der Waals surface area contributed by atoms with Gasteiger partial charge in [-0.3, -0.25) is 0 Å². The molecule has 23 heavy (non-hydrogen) atoms. The molecule has 0 aliphatic rings. The molecule has 0 bridgehead atoms. The van der Waals surface area contributed by atoms with E-state index < -0.39 is 0 Å². The molecule has 1 rings (SSSR count). The number of allylic oxidation sites excluding steroid dienone is 1. The second-order valence-electron chi connectivity index (χ2n) is 5.52. The van der Waals surface area contributed by atoms with Crippen molar-refractivity contribution in [1.29, 1.82) is 0 Å². The van der Waals surface area contributed by atoms with Crippen LogP contribution in [0.15, 0.2) is 32.0 Å². The first-order valence-corrected chi connectivity index (χ1v) is 8.69. The van der Waals surface area contributed by atoms with Gasteiger partial charge in [0.25, 0.3) is 0 Å². The maximum absolute atomic E-state index is 6.01. The first-order valence-electron chi connectivity index (χ1n) is 8.32. The van der Waals surface area contributed by atoms with Gasteiger partial charge in [-0.05, 0) is 43.5 Å². The Hall–Kier alpha value is -1.68. The molecule has 0 saturated heterocycles. The molecule has 0 aliphatic carbocycles. The van der Waals surface area contributed by atoms with Crippen molar-refractivity contribution in [2.75, 3.05) is 18.4 Å². The van der Waals surface area contributed by atoms with E-state index in [4.69, 9.17) is 11.6 Å². The largest absolute Gasteiger partial charge is 0.370 e. The van der Waals surface area contributed by atoms with Crippen molar-refractivity contribution in [2.24, 2.45) is 0 Å². The van der Waals surface area contributed by atoms with Crippen molar-refractivity contribution < 1.29 is 0 Å². The summed E-state index contributed by atoms with van der Waals surface area (Å²) in [6, 6.07) is 0. The normalized spacial score (nSPS) is 10.3. The first-order chi connectivity index (χ1) is 11.1.